The highest BCUT2D eigenvalue weighted by Gasteiger charge is 2.68. The zero-order valence-electron chi connectivity index (χ0n) is 11.8. The van der Waals surface area contributed by atoms with Crippen LogP contribution in [0.3, 0.4) is 0 Å². The Kier molecular flexibility index (Phi) is 2.59. The molecule has 0 aromatic heterocycles. The van der Waals surface area contributed by atoms with Gasteiger partial charge in [-0.3, -0.25) is 0 Å². The molecular formula is C14H22O5. The van der Waals surface area contributed by atoms with Gasteiger partial charge >= 0.3 is 0 Å². The van der Waals surface area contributed by atoms with Crippen molar-refractivity contribution in [2.24, 2.45) is 17.8 Å². The molecule has 7 unspecified atom stereocenters. The molecule has 0 radical (unpaired) electrons. The minimum absolute atomic E-state index is 0.0147. The summed E-state index contributed by atoms with van der Waals surface area (Å²) in [6, 6.07) is 0. The quantitative estimate of drug-likeness (QED) is 0.633. The number of fused-ring (bicyclic) bond motifs is 2. The molecule has 0 aromatic carbocycles. The average molecular weight is 270 g/mol. The van der Waals surface area contributed by atoms with Gasteiger partial charge in [0.25, 0.3) is 0 Å². The standard InChI is InChI=1S/C14H22O5/c1-8-4-5-11-9(2)16-17-12-14(11)10(8)6-7-13(3,15-12)18-19-14/h8-12H,4-7H2,1-3H3. The first-order valence-electron chi connectivity index (χ1n) is 7.42. The average Bonchev–Trinajstić information content (AvgIpc) is 2.61. The lowest BCUT2D eigenvalue weighted by Gasteiger charge is -2.57. The number of rotatable bonds is 0. The van der Waals surface area contributed by atoms with E-state index in [0.717, 1.165) is 19.3 Å². The first-order valence-corrected chi connectivity index (χ1v) is 7.42. The lowest BCUT2D eigenvalue weighted by Crippen LogP contribution is -2.69. The minimum Gasteiger partial charge on any atom is -0.312 e. The van der Waals surface area contributed by atoms with Crippen molar-refractivity contribution in [2.75, 3.05) is 0 Å². The predicted molar refractivity (Wildman–Crippen MR) is 64.4 cm³/mol. The SMILES string of the molecule is CC1CCC2C(C)OOC3OC4(C)CCC1C32OO4. The van der Waals surface area contributed by atoms with Crippen molar-refractivity contribution < 1.29 is 24.3 Å². The summed E-state index contributed by atoms with van der Waals surface area (Å²) in [5.74, 6) is 0.573. The minimum atomic E-state index is -0.707. The van der Waals surface area contributed by atoms with Crippen LogP contribution >= 0.6 is 0 Å². The van der Waals surface area contributed by atoms with Crippen molar-refractivity contribution in [3.8, 4) is 0 Å². The van der Waals surface area contributed by atoms with Crippen molar-refractivity contribution in [3.05, 3.63) is 0 Å². The summed E-state index contributed by atoms with van der Waals surface area (Å²) in [7, 11) is 0. The van der Waals surface area contributed by atoms with Crippen LogP contribution in [-0.2, 0) is 24.3 Å². The maximum atomic E-state index is 6.03. The fraction of sp³-hybridized carbons (Fsp3) is 1.00. The smallest absolute Gasteiger partial charge is 0.227 e. The molecule has 5 aliphatic rings. The van der Waals surface area contributed by atoms with Gasteiger partial charge in [0.1, 0.15) is 0 Å². The van der Waals surface area contributed by atoms with Crippen molar-refractivity contribution in [1.29, 1.82) is 0 Å². The van der Waals surface area contributed by atoms with Gasteiger partial charge in [-0.25, -0.2) is 19.6 Å². The van der Waals surface area contributed by atoms with Gasteiger partial charge < -0.3 is 4.74 Å². The maximum Gasteiger partial charge on any atom is 0.227 e. The molecular weight excluding hydrogens is 248 g/mol. The van der Waals surface area contributed by atoms with Crippen molar-refractivity contribution in [1.82, 2.24) is 0 Å². The van der Waals surface area contributed by atoms with Crippen LogP contribution in [0.25, 0.3) is 0 Å². The van der Waals surface area contributed by atoms with E-state index in [1.807, 2.05) is 13.8 Å². The van der Waals surface area contributed by atoms with Crippen molar-refractivity contribution in [2.45, 2.75) is 70.2 Å². The summed E-state index contributed by atoms with van der Waals surface area (Å²) in [5.41, 5.74) is -0.495. The predicted octanol–water partition coefficient (Wildman–Crippen LogP) is 2.55. The van der Waals surface area contributed by atoms with Crippen LogP contribution < -0.4 is 0 Å². The van der Waals surface area contributed by atoms with Crippen LogP contribution in [0.4, 0.5) is 0 Å². The Morgan fingerprint density at radius 1 is 0.947 bits per heavy atom. The molecule has 0 aromatic rings. The highest BCUT2D eigenvalue weighted by atomic mass is 17.3. The van der Waals surface area contributed by atoms with Gasteiger partial charge in [0.15, 0.2) is 5.60 Å². The zero-order chi connectivity index (χ0) is 13.3. The van der Waals surface area contributed by atoms with E-state index in [9.17, 15) is 0 Å². The third-order valence-corrected chi connectivity index (χ3v) is 5.64. The Labute approximate surface area is 113 Å². The Morgan fingerprint density at radius 3 is 2.63 bits per heavy atom. The van der Waals surface area contributed by atoms with Crippen LogP contribution in [-0.4, -0.2) is 23.8 Å². The van der Waals surface area contributed by atoms with Gasteiger partial charge in [-0.2, -0.15) is 0 Å². The molecule has 7 atom stereocenters. The molecule has 5 fully saturated rings. The van der Waals surface area contributed by atoms with Crippen molar-refractivity contribution >= 4 is 0 Å². The Balaban J connectivity index is 1.81. The van der Waals surface area contributed by atoms with Crippen LogP contribution in [0.2, 0.25) is 0 Å². The Hall–Kier alpha value is -0.200. The molecule has 108 valence electrons. The summed E-state index contributed by atoms with van der Waals surface area (Å²) in [6.07, 6.45) is 3.72. The highest BCUT2D eigenvalue weighted by Crippen LogP contribution is 2.58. The lowest BCUT2D eigenvalue weighted by atomic mass is 9.60. The second-order valence-corrected chi connectivity index (χ2v) is 6.81. The maximum absolute atomic E-state index is 6.03. The first-order chi connectivity index (χ1) is 9.05. The van der Waals surface area contributed by atoms with Crippen LogP contribution in [0.5, 0.6) is 0 Å². The second kappa shape index (κ2) is 3.92. The molecule has 2 bridgehead atoms. The summed E-state index contributed by atoms with van der Waals surface area (Å²) >= 11 is 0. The second-order valence-electron chi connectivity index (χ2n) is 6.81. The summed E-state index contributed by atoms with van der Waals surface area (Å²) in [4.78, 5) is 22.6. The molecule has 1 saturated carbocycles. The summed E-state index contributed by atoms with van der Waals surface area (Å²) in [6.45, 7) is 6.26. The van der Waals surface area contributed by atoms with Crippen LogP contribution in [0.15, 0.2) is 0 Å². The van der Waals surface area contributed by atoms with Gasteiger partial charge in [0.2, 0.25) is 12.1 Å². The van der Waals surface area contributed by atoms with Gasteiger partial charge in [0.05, 0.1) is 6.10 Å². The third-order valence-electron chi connectivity index (χ3n) is 5.64. The molecule has 0 N–H and O–H groups in total. The molecule has 5 heteroatoms. The lowest BCUT2D eigenvalue weighted by molar-refractivity contribution is -0.611. The van der Waals surface area contributed by atoms with Crippen molar-refractivity contribution in [3.63, 3.8) is 0 Å². The van der Waals surface area contributed by atoms with E-state index in [4.69, 9.17) is 24.3 Å². The molecule has 1 spiro atoms. The fourth-order valence-electron chi connectivity index (χ4n) is 4.53. The molecule has 4 saturated heterocycles. The van der Waals surface area contributed by atoms with E-state index >= 15 is 0 Å². The fourth-order valence-corrected chi connectivity index (χ4v) is 4.53. The van der Waals surface area contributed by atoms with E-state index in [-0.39, 0.29) is 12.0 Å². The van der Waals surface area contributed by atoms with Gasteiger partial charge in [0, 0.05) is 12.3 Å². The van der Waals surface area contributed by atoms with E-state index in [1.54, 1.807) is 0 Å². The number of hydrogen-bond donors (Lipinski definition) is 0. The summed E-state index contributed by atoms with van der Waals surface area (Å²) in [5, 5.41) is 0. The Morgan fingerprint density at radius 2 is 1.79 bits per heavy atom. The molecule has 4 heterocycles. The third kappa shape index (κ3) is 1.54. The van der Waals surface area contributed by atoms with Crippen LogP contribution in [0, 0.1) is 17.8 Å². The topological polar surface area (TPSA) is 46.2 Å². The van der Waals surface area contributed by atoms with E-state index < -0.39 is 17.7 Å². The van der Waals surface area contributed by atoms with E-state index in [0.29, 0.717) is 11.8 Å². The van der Waals surface area contributed by atoms with Gasteiger partial charge in [-0.15, -0.1) is 0 Å². The monoisotopic (exact) mass is 270 g/mol. The molecule has 0 amide bonds. The molecule has 5 rings (SSSR count). The zero-order valence-corrected chi connectivity index (χ0v) is 11.8. The largest absolute Gasteiger partial charge is 0.312 e. The molecule has 19 heavy (non-hydrogen) atoms. The molecule has 5 nitrogen and oxygen atoms in total. The molecule has 1 aliphatic carbocycles. The highest BCUT2D eigenvalue weighted by molar-refractivity contribution is 5.07. The number of hydrogen-bond acceptors (Lipinski definition) is 5. The van der Waals surface area contributed by atoms with E-state index in [2.05, 4.69) is 6.92 Å². The van der Waals surface area contributed by atoms with E-state index in [1.165, 1.54) is 6.42 Å². The normalized spacial score (nSPS) is 60.5. The first kappa shape index (κ1) is 12.5. The molecule has 4 aliphatic heterocycles. The summed E-state index contributed by atoms with van der Waals surface area (Å²) < 4.78 is 6.03. The Bertz CT molecular complexity index is 388. The number of ether oxygens (including phenoxy) is 1. The van der Waals surface area contributed by atoms with Crippen LogP contribution in [0.1, 0.15) is 46.5 Å². The van der Waals surface area contributed by atoms with Gasteiger partial charge in [-0.1, -0.05) is 6.92 Å². The van der Waals surface area contributed by atoms with Gasteiger partial charge in [-0.05, 0) is 44.9 Å².